The van der Waals surface area contributed by atoms with Crippen LogP contribution in [0.5, 0.6) is 11.5 Å². The summed E-state index contributed by atoms with van der Waals surface area (Å²) < 4.78 is 47.8. The van der Waals surface area contributed by atoms with Crippen LogP contribution in [-0.2, 0) is 28.1 Å². The summed E-state index contributed by atoms with van der Waals surface area (Å²) >= 11 is 0. The van der Waals surface area contributed by atoms with E-state index in [0.717, 1.165) is 6.04 Å². The van der Waals surface area contributed by atoms with Gasteiger partial charge in [-0.15, -0.1) is 0 Å². The van der Waals surface area contributed by atoms with Crippen LogP contribution in [0, 0.1) is 5.92 Å². The first-order valence-corrected chi connectivity index (χ1v) is 25.4. The van der Waals surface area contributed by atoms with Crippen molar-refractivity contribution in [2.45, 2.75) is 116 Å². The molecule has 0 radical (unpaired) electrons. The Kier molecular flexibility index (Phi) is 16.3. The number of rotatable bonds is 19. The summed E-state index contributed by atoms with van der Waals surface area (Å²) in [6, 6.07) is 13.1. The third kappa shape index (κ3) is 13.8. The van der Waals surface area contributed by atoms with Crippen LogP contribution < -0.4 is 9.47 Å². The minimum absolute atomic E-state index is 0.0530. The predicted molar refractivity (Wildman–Crippen MR) is 219 cm³/mol. The van der Waals surface area contributed by atoms with E-state index in [4.69, 9.17) is 37.6 Å². The molecule has 3 rings (SSSR count). The lowest BCUT2D eigenvalue weighted by Gasteiger charge is -2.36. The maximum Gasteiger partial charge on any atom is 0.342 e. The van der Waals surface area contributed by atoms with E-state index < -0.39 is 52.4 Å². The first-order chi connectivity index (χ1) is 25.2. The molecule has 2 aromatic carbocycles. The van der Waals surface area contributed by atoms with Gasteiger partial charge in [0, 0.05) is 27.9 Å². The van der Waals surface area contributed by atoms with Crippen LogP contribution in [0.2, 0.25) is 43.8 Å². The summed E-state index contributed by atoms with van der Waals surface area (Å²) in [5.74, 6) is -1.06. The van der Waals surface area contributed by atoms with Crippen LogP contribution in [-0.4, -0.2) is 86.7 Å². The van der Waals surface area contributed by atoms with Crippen LogP contribution >= 0.6 is 0 Å². The number of hydrogen-bond donors (Lipinski definition) is 0. The van der Waals surface area contributed by atoms with Gasteiger partial charge in [-0.25, -0.2) is 9.59 Å². The zero-order valence-electron chi connectivity index (χ0n) is 34.8. The van der Waals surface area contributed by atoms with E-state index in [9.17, 15) is 9.59 Å². The lowest BCUT2D eigenvalue weighted by atomic mass is 10.0. The predicted octanol–water partition coefficient (Wildman–Crippen LogP) is 9.54. The van der Waals surface area contributed by atoms with E-state index in [2.05, 4.69) is 60.4 Å². The van der Waals surface area contributed by atoms with Gasteiger partial charge in [-0.05, 0) is 80.2 Å². The number of methoxy groups -OCH3 is 2. The molecule has 1 aliphatic rings. The normalized spacial score (nSPS) is 18.8. The molecule has 0 N–H and O–H groups in total. The van der Waals surface area contributed by atoms with Gasteiger partial charge in [0.05, 0.1) is 25.4 Å². The fraction of sp³-hybridized carbons (Fsp3) is 0.571. The first kappa shape index (κ1) is 45.1. The molecule has 0 saturated carbocycles. The Morgan fingerprint density at radius 2 is 1.65 bits per heavy atom. The Morgan fingerprint density at radius 3 is 2.26 bits per heavy atom. The Balaban J connectivity index is 1.94. The molecule has 1 heterocycles. The Labute approximate surface area is 325 Å². The molecule has 1 fully saturated rings. The summed E-state index contributed by atoms with van der Waals surface area (Å²) in [5, 5.41) is 0.0870. The number of carbonyl (C=O) groups excluding carboxylic acids is 2. The molecule has 4 atom stereocenters. The van der Waals surface area contributed by atoms with E-state index in [1.807, 2.05) is 44.2 Å². The molecular weight excluding hydrogens is 721 g/mol. The fourth-order valence-electron chi connectivity index (χ4n) is 5.38. The highest BCUT2D eigenvalue weighted by Crippen LogP contribution is 2.38. The van der Waals surface area contributed by atoms with Gasteiger partial charge in [0.25, 0.3) is 0 Å². The minimum atomic E-state index is -1.96. The van der Waals surface area contributed by atoms with Crippen LogP contribution in [0.25, 0.3) is 6.08 Å². The highest BCUT2D eigenvalue weighted by molar-refractivity contribution is 6.76. The molecule has 12 heteroatoms. The topological polar surface area (TPSA) is 108 Å². The zero-order valence-corrected chi connectivity index (χ0v) is 36.8. The lowest BCUT2D eigenvalue weighted by molar-refractivity contribution is -0.152. The van der Waals surface area contributed by atoms with Crippen molar-refractivity contribution in [3.8, 4) is 11.5 Å². The molecule has 10 nitrogen and oxygen atoms in total. The van der Waals surface area contributed by atoms with Gasteiger partial charge in [-0.3, -0.25) is 0 Å². The Hall–Kier alpha value is -3.27. The van der Waals surface area contributed by atoms with E-state index in [0.29, 0.717) is 36.5 Å². The van der Waals surface area contributed by atoms with Gasteiger partial charge in [-0.1, -0.05) is 83.8 Å². The second kappa shape index (κ2) is 19.5. The van der Waals surface area contributed by atoms with Crippen LogP contribution in [0.15, 0.2) is 60.7 Å². The van der Waals surface area contributed by atoms with Crippen molar-refractivity contribution in [1.82, 2.24) is 0 Å². The molecule has 54 heavy (non-hydrogen) atoms. The number of hydrogen-bond acceptors (Lipinski definition) is 10. The van der Waals surface area contributed by atoms with Gasteiger partial charge in [0.15, 0.2) is 20.9 Å². The van der Waals surface area contributed by atoms with Crippen LogP contribution in [0.1, 0.15) is 74.2 Å². The largest absolute Gasteiger partial charge is 0.497 e. The number of ether oxygens (including phenoxy) is 7. The molecule has 3 unspecified atom stereocenters. The molecule has 2 aromatic rings. The highest BCUT2D eigenvalue weighted by atomic mass is 28.4. The smallest absolute Gasteiger partial charge is 0.342 e. The Bertz CT molecular complexity index is 1570. The molecule has 0 aromatic heterocycles. The van der Waals surface area contributed by atoms with E-state index in [-0.39, 0.29) is 29.1 Å². The lowest BCUT2D eigenvalue weighted by Crippen LogP contribution is -2.41. The van der Waals surface area contributed by atoms with E-state index >= 15 is 0 Å². The SMILES string of the molecule is COCOc1cc(OC)cc(C=CCC2OC(C)(C)OC2C(C=C[C@@H](C)CO[Si](C)(C)C(C)(C)C)OC(=O)c2ccccc2)c1C(=O)OCC[Si](C)(C)C. The van der Waals surface area contributed by atoms with Crippen molar-refractivity contribution >= 4 is 34.4 Å². The van der Waals surface area contributed by atoms with Gasteiger partial charge < -0.3 is 37.6 Å². The molecule has 0 amide bonds. The van der Waals surface area contributed by atoms with Crippen molar-refractivity contribution in [3.05, 3.63) is 77.4 Å². The third-order valence-electron chi connectivity index (χ3n) is 9.57. The van der Waals surface area contributed by atoms with Crippen LogP contribution in [0.4, 0.5) is 0 Å². The first-order valence-electron chi connectivity index (χ1n) is 18.8. The van der Waals surface area contributed by atoms with Crippen molar-refractivity contribution in [2.75, 3.05) is 34.2 Å². The van der Waals surface area contributed by atoms with Gasteiger partial charge in [0.1, 0.15) is 29.3 Å². The van der Waals surface area contributed by atoms with Gasteiger partial charge in [-0.2, -0.15) is 0 Å². The molecule has 1 saturated heterocycles. The standard InChI is InChI=1S/C42H64O10Si2/c1-30(28-49-54(12,13)41(2,3)4)22-23-34(50-39(43)31-18-15-14-16-19-31)38-35(51-42(5,6)52-38)21-17-20-32-26-33(46-8)27-36(48-29-45-7)37(32)40(44)47-24-25-53(9,10)11/h14-20,22-23,26-27,30,34-35,38H,21,24-25,28-29H2,1-13H3/t30-,34?,35?,38?/m1/s1. The average Bonchev–Trinajstić information content (AvgIpc) is 3.40. The number of carbonyl (C=O) groups is 2. The molecule has 0 bridgehead atoms. The second-order valence-electron chi connectivity index (χ2n) is 17.0. The summed E-state index contributed by atoms with van der Waals surface area (Å²) in [7, 11) is -0.335. The second-order valence-corrected chi connectivity index (χ2v) is 27.5. The average molecular weight is 785 g/mol. The van der Waals surface area contributed by atoms with Crippen molar-refractivity contribution in [2.24, 2.45) is 5.92 Å². The summed E-state index contributed by atoms with van der Waals surface area (Å²) in [5.41, 5.74) is 1.26. The highest BCUT2D eigenvalue weighted by Gasteiger charge is 2.45. The maximum atomic E-state index is 13.6. The van der Waals surface area contributed by atoms with Gasteiger partial charge >= 0.3 is 11.9 Å². The number of esters is 2. The van der Waals surface area contributed by atoms with Gasteiger partial charge in [0.2, 0.25) is 0 Å². The van der Waals surface area contributed by atoms with Crippen LogP contribution in [0.3, 0.4) is 0 Å². The fourth-order valence-corrected chi connectivity index (χ4v) is 7.21. The van der Waals surface area contributed by atoms with Crippen molar-refractivity contribution < 1.29 is 47.2 Å². The molecule has 1 aliphatic heterocycles. The van der Waals surface area contributed by atoms with E-state index in [1.54, 1.807) is 43.5 Å². The summed E-state index contributed by atoms with van der Waals surface area (Å²) in [6.07, 6.45) is 6.11. The Morgan fingerprint density at radius 1 is 0.963 bits per heavy atom. The number of benzene rings is 2. The van der Waals surface area contributed by atoms with Crippen molar-refractivity contribution in [1.29, 1.82) is 0 Å². The summed E-state index contributed by atoms with van der Waals surface area (Å²) in [6.45, 7) is 24.4. The van der Waals surface area contributed by atoms with E-state index in [1.165, 1.54) is 7.11 Å². The third-order valence-corrected chi connectivity index (χ3v) is 15.8. The minimum Gasteiger partial charge on any atom is -0.497 e. The molecular formula is C42H64O10Si2. The molecule has 0 aliphatic carbocycles. The molecule has 300 valence electrons. The van der Waals surface area contributed by atoms with Crippen molar-refractivity contribution in [3.63, 3.8) is 0 Å². The monoisotopic (exact) mass is 784 g/mol. The quantitative estimate of drug-likeness (QED) is 0.0592. The zero-order chi connectivity index (χ0) is 40.3. The molecule has 0 spiro atoms. The summed E-state index contributed by atoms with van der Waals surface area (Å²) in [4.78, 5) is 27.0. The maximum absolute atomic E-state index is 13.6.